The van der Waals surface area contributed by atoms with E-state index in [1.807, 2.05) is 0 Å². The summed E-state index contributed by atoms with van der Waals surface area (Å²) in [5.74, 6) is -1.02. The number of aromatic hydroxyl groups is 1. The van der Waals surface area contributed by atoms with E-state index >= 15 is 0 Å². The summed E-state index contributed by atoms with van der Waals surface area (Å²) in [5.41, 5.74) is 1.25. The maximum absolute atomic E-state index is 12.2. The number of hydrogen-bond donors (Lipinski definition) is 3. The Morgan fingerprint density at radius 1 is 1.08 bits per heavy atom. The number of cyclic esters (lactones) is 1. The lowest BCUT2D eigenvalue weighted by Crippen LogP contribution is -2.38. The van der Waals surface area contributed by atoms with Crippen molar-refractivity contribution in [3.63, 3.8) is 0 Å². The Bertz CT molecular complexity index is 803. The SMILES string of the molecule is O=C1OC(NC(=O)c2ccccc2)C(Nc2ccc(O)cc2)=C1Cl. The number of hydrogen-bond acceptors (Lipinski definition) is 5. The lowest BCUT2D eigenvalue weighted by Gasteiger charge is -2.17. The van der Waals surface area contributed by atoms with Gasteiger partial charge in [-0.3, -0.25) is 4.79 Å². The Labute approximate surface area is 142 Å². The van der Waals surface area contributed by atoms with Gasteiger partial charge in [-0.1, -0.05) is 29.8 Å². The van der Waals surface area contributed by atoms with Crippen molar-refractivity contribution in [2.75, 3.05) is 5.32 Å². The van der Waals surface area contributed by atoms with Gasteiger partial charge in [0, 0.05) is 11.3 Å². The molecular weight excluding hydrogens is 332 g/mol. The molecule has 0 radical (unpaired) electrons. The summed E-state index contributed by atoms with van der Waals surface area (Å²) < 4.78 is 5.09. The first-order chi connectivity index (χ1) is 11.5. The molecule has 1 atom stereocenters. The summed E-state index contributed by atoms with van der Waals surface area (Å²) in [6.45, 7) is 0. The van der Waals surface area contributed by atoms with Crippen LogP contribution in [0.15, 0.2) is 65.3 Å². The summed E-state index contributed by atoms with van der Waals surface area (Å²) in [5, 5.41) is 14.7. The normalized spacial score (nSPS) is 16.7. The summed E-state index contributed by atoms with van der Waals surface area (Å²) in [7, 11) is 0. The zero-order valence-electron chi connectivity index (χ0n) is 12.3. The van der Waals surface area contributed by atoms with Crippen LogP contribution in [-0.4, -0.2) is 23.2 Å². The van der Waals surface area contributed by atoms with Crippen LogP contribution in [0.1, 0.15) is 10.4 Å². The molecule has 0 spiro atoms. The highest BCUT2D eigenvalue weighted by atomic mass is 35.5. The largest absolute Gasteiger partial charge is 0.508 e. The van der Waals surface area contributed by atoms with Crippen molar-refractivity contribution in [1.82, 2.24) is 5.32 Å². The second-order valence-electron chi connectivity index (χ2n) is 5.02. The minimum atomic E-state index is -1.02. The van der Waals surface area contributed by atoms with E-state index in [1.54, 1.807) is 42.5 Å². The fraction of sp³-hybridized carbons (Fsp3) is 0.0588. The summed E-state index contributed by atoms with van der Waals surface area (Å²) in [6, 6.07) is 14.7. The van der Waals surface area contributed by atoms with Crippen LogP contribution in [0.25, 0.3) is 0 Å². The molecule has 1 heterocycles. The second kappa shape index (κ2) is 6.64. The molecule has 3 N–H and O–H groups in total. The number of anilines is 1. The van der Waals surface area contributed by atoms with Gasteiger partial charge in [0.25, 0.3) is 5.91 Å². The Hall–Kier alpha value is -2.99. The molecule has 2 aromatic carbocycles. The molecule has 24 heavy (non-hydrogen) atoms. The third kappa shape index (κ3) is 3.33. The van der Waals surface area contributed by atoms with E-state index < -0.39 is 18.1 Å². The van der Waals surface area contributed by atoms with Gasteiger partial charge in [0.2, 0.25) is 6.23 Å². The van der Waals surface area contributed by atoms with Gasteiger partial charge < -0.3 is 20.5 Å². The Balaban J connectivity index is 1.78. The van der Waals surface area contributed by atoms with Gasteiger partial charge in [-0.15, -0.1) is 0 Å². The van der Waals surface area contributed by atoms with Gasteiger partial charge in [0.05, 0.1) is 0 Å². The highest BCUT2D eigenvalue weighted by Gasteiger charge is 2.34. The number of phenolic OH excluding ortho intramolecular Hbond substituents is 1. The minimum Gasteiger partial charge on any atom is -0.508 e. The smallest absolute Gasteiger partial charge is 0.354 e. The van der Waals surface area contributed by atoms with Gasteiger partial charge in [0.1, 0.15) is 11.4 Å². The number of carbonyl (C=O) groups excluding carboxylic acids is 2. The predicted octanol–water partition coefficient (Wildman–Crippen LogP) is 2.57. The number of halogens is 1. The highest BCUT2D eigenvalue weighted by Crippen LogP contribution is 2.27. The van der Waals surface area contributed by atoms with Crippen molar-refractivity contribution in [3.8, 4) is 5.75 Å². The zero-order chi connectivity index (χ0) is 17.1. The standard InChI is InChI=1S/C17H13ClN2O4/c18-13-14(19-11-6-8-12(21)9-7-11)16(24-17(13)23)20-15(22)10-4-2-1-3-5-10/h1-9,16,19,21H,(H,20,22). The first kappa shape index (κ1) is 15.9. The first-order valence-corrected chi connectivity index (χ1v) is 7.45. The van der Waals surface area contributed by atoms with Crippen molar-refractivity contribution in [1.29, 1.82) is 0 Å². The quantitative estimate of drug-likeness (QED) is 0.586. The molecule has 1 unspecified atom stereocenters. The van der Waals surface area contributed by atoms with Crippen molar-refractivity contribution in [2.24, 2.45) is 0 Å². The molecule has 0 saturated heterocycles. The van der Waals surface area contributed by atoms with E-state index in [9.17, 15) is 14.7 Å². The third-order valence-corrected chi connectivity index (χ3v) is 3.71. The summed E-state index contributed by atoms with van der Waals surface area (Å²) in [4.78, 5) is 23.9. The maximum atomic E-state index is 12.2. The number of phenols is 1. The number of nitrogens with one attached hydrogen (secondary N) is 2. The van der Waals surface area contributed by atoms with E-state index in [-0.39, 0.29) is 16.5 Å². The lowest BCUT2D eigenvalue weighted by molar-refractivity contribution is -0.139. The molecule has 0 saturated carbocycles. The topological polar surface area (TPSA) is 87.7 Å². The van der Waals surface area contributed by atoms with Crippen LogP contribution in [-0.2, 0) is 9.53 Å². The average molecular weight is 345 g/mol. The van der Waals surface area contributed by atoms with Gasteiger partial charge in [-0.25, -0.2) is 4.79 Å². The molecular formula is C17H13ClN2O4. The predicted molar refractivity (Wildman–Crippen MR) is 88.4 cm³/mol. The van der Waals surface area contributed by atoms with Crippen LogP contribution < -0.4 is 10.6 Å². The molecule has 1 amide bonds. The molecule has 0 fully saturated rings. The Kier molecular flexibility index (Phi) is 4.39. The van der Waals surface area contributed by atoms with Gasteiger partial charge in [-0.05, 0) is 36.4 Å². The van der Waals surface area contributed by atoms with Gasteiger partial charge in [-0.2, -0.15) is 0 Å². The fourth-order valence-corrected chi connectivity index (χ4v) is 2.35. The van der Waals surface area contributed by atoms with Crippen LogP contribution in [0.4, 0.5) is 5.69 Å². The van der Waals surface area contributed by atoms with Crippen LogP contribution >= 0.6 is 11.6 Å². The Morgan fingerprint density at radius 3 is 2.42 bits per heavy atom. The molecule has 6 nitrogen and oxygen atoms in total. The molecule has 1 aliphatic rings. The van der Waals surface area contributed by atoms with E-state index in [2.05, 4.69) is 10.6 Å². The highest BCUT2D eigenvalue weighted by molar-refractivity contribution is 6.42. The lowest BCUT2D eigenvalue weighted by atomic mass is 10.2. The van der Waals surface area contributed by atoms with Gasteiger partial charge in [0.15, 0.2) is 5.03 Å². The number of benzene rings is 2. The zero-order valence-corrected chi connectivity index (χ0v) is 13.1. The Morgan fingerprint density at radius 2 is 1.75 bits per heavy atom. The number of esters is 1. The van der Waals surface area contributed by atoms with E-state index in [0.717, 1.165) is 0 Å². The van der Waals surface area contributed by atoms with E-state index in [1.165, 1.54) is 12.1 Å². The number of rotatable bonds is 4. The minimum absolute atomic E-state index is 0.105. The maximum Gasteiger partial charge on any atom is 0.354 e. The van der Waals surface area contributed by atoms with E-state index in [4.69, 9.17) is 16.3 Å². The van der Waals surface area contributed by atoms with Crippen LogP contribution in [0.5, 0.6) is 5.75 Å². The molecule has 2 aromatic rings. The molecule has 3 rings (SSSR count). The molecule has 0 aliphatic carbocycles. The first-order valence-electron chi connectivity index (χ1n) is 7.07. The van der Waals surface area contributed by atoms with Crippen molar-refractivity contribution in [2.45, 2.75) is 6.23 Å². The molecule has 122 valence electrons. The van der Waals surface area contributed by atoms with Crippen molar-refractivity contribution < 1.29 is 19.4 Å². The molecule has 1 aliphatic heterocycles. The van der Waals surface area contributed by atoms with Crippen LogP contribution in [0.2, 0.25) is 0 Å². The molecule has 0 bridgehead atoms. The average Bonchev–Trinajstić information content (AvgIpc) is 2.85. The van der Waals surface area contributed by atoms with Gasteiger partial charge >= 0.3 is 5.97 Å². The van der Waals surface area contributed by atoms with Crippen molar-refractivity contribution in [3.05, 3.63) is 70.9 Å². The fourth-order valence-electron chi connectivity index (χ4n) is 2.16. The monoisotopic (exact) mass is 344 g/mol. The molecule has 7 heteroatoms. The van der Waals surface area contributed by atoms with Crippen LogP contribution in [0, 0.1) is 0 Å². The number of amides is 1. The summed E-state index contributed by atoms with van der Waals surface area (Å²) >= 11 is 5.98. The van der Waals surface area contributed by atoms with Crippen molar-refractivity contribution >= 4 is 29.2 Å². The number of carbonyl (C=O) groups is 2. The molecule has 0 aromatic heterocycles. The third-order valence-electron chi connectivity index (χ3n) is 3.35. The van der Waals surface area contributed by atoms with E-state index in [0.29, 0.717) is 11.3 Å². The number of ether oxygens (including phenoxy) is 1. The summed E-state index contributed by atoms with van der Waals surface area (Å²) in [6.07, 6.45) is -1.02. The van der Waals surface area contributed by atoms with Crippen LogP contribution in [0.3, 0.4) is 0 Å². The second-order valence-corrected chi connectivity index (χ2v) is 5.40.